The molecule has 0 aromatic heterocycles. The fourth-order valence-electron chi connectivity index (χ4n) is 3.95. The van der Waals surface area contributed by atoms with Gasteiger partial charge < -0.3 is 9.64 Å². The van der Waals surface area contributed by atoms with Crippen molar-refractivity contribution < 1.29 is 36.3 Å². The maximum atomic E-state index is 14.3. The Morgan fingerprint density at radius 3 is 2.44 bits per heavy atom. The van der Waals surface area contributed by atoms with E-state index in [1.807, 2.05) is 0 Å². The van der Waals surface area contributed by atoms with Crippen LogP contribution >= 0.6 is 0 Å². The van der Waals surface area contributed by atoms with E-state index >= 15 is 0 Å². The van der Waals surface area contributed by atoms with Crippen molar-refractivity contribution in [2.75, 3.05) is 6.61 Å². The van der Waals surface area contributed by atoms with E-state index in [9.17, 15) is 31.5 Å². The Kier molecular flexibility index (Phi) is 7.43. The SMILES string of the molecule is CC1=C(C(=O)OCC(C)C)C(c2ccccc2C(F)(F)F)CC(=O)N1Cc1cccc(F)c1F. The summed E-state index contributed by atoms with van der Waals surface area (Å²) < 4.78 is 74.4. The summed E-state index contributed by atoms with van der Waals surface area (Å²) in [5, 5.41) is 0. The highest BCUT2D eigenvalue weighted by Gasteiger charge is 2.42. The summed E-state index contributed by atoms with van der Waals surface area (Å²) in [6, 6.07) is 8.24. The fourth-order valence-corrected chi connectivity index (χ4v) is 3.95. The molecule has 0 radical (unpaired) electrons. The first-order valence-corrected chi connectivity index (χ1v) is 10.7. The van der Waals surface area contributed by atoms with Crippen molar-refractivity contribution in [1.29, 1.82) is 0 Å². The second-order valence-electron chi connectivity index (χ2n) is 8.53. The van der Waals surface area contributed by atoms with Gasteiger partial charge in [0.2, 0.25) is 5.91 Å². The van der Waals surface area contributed by atoms with Crippen LogP contribution in [0, 0.1) is 17.6 Å². The normalized spacial score (nSPS) is 16.9. The number of rotatable bonds is 6. The Bertz CT molecular complexity index is 1120. The third-order valence-electron chi connectivity index (χ3n) is 5.59. The molecule has 1 heterocycles. The Morgan fingerprint density at radius 2 is 1.79 bits per heavy atom. The Labute approximate surface area is 194 Å². The Hall–Kier alpha value is -3.23. The van der Waals surface area contributed by atoms with Crippen molar-refractivity contribution >= 4 is 11.9 Å². The van der Waals surface area contributed by atoms with Crippen LogP contribution in [-0.2, 0) is 27.0 Å². The number of esters is 1. The molecule has 0 bridgehead atoms. The minimum Gasteiger partial charge on any atom is -0.462 e. The molecule has 1 aliphatic rings. The van der Waals surface area contributed by atoms with E-state index in [0.29, 0.717) is 0 Å². The molecule has 0 saturated heterocycles. The van der Waals surface area contributed by atoms with Crippen LogP contribution in [-0.4, -0.2) is 23.4 Å². The lowest BCUT2D eigenvalue weighted by Crippen LogP contribution is -2.38. The number of carbonyl (C=O) groups excluding carboxylic acids is 2. The van der Waals surface area contributed by atoms with Crippen LogP contribution in [0.1, 0.15) is 49.8 Å². The fraction of sp³-hybridized carbons (Fsp3) is 0.360. The number of amides is 1. The molecule has 1 amide bonds. The second kappa shape index (κ2) is 9.95. The summed E-state index contributed by atoms with van der Waals surface area (Å²) >= 11 is 0. The molecule has 0 aliphatic carbocycles. The van der Waals surface area contributed by atoms with Crippen LogP contribution in [0.3, 0.4) is 0 Å². The van der Waals surface area contributed by atoms with Crippen LogP contribution in [0.2, 0.25) is 0 Å². The van der Waals surface area contributed by atoms with E-state index in [-0.39, 0.29) is 41.5 Å². The van der Waals surface area contributed by atoms with Gasteiger partial charge in [-0.1, -0.05) is 44.2 Å². The van der Waals surface area contributed by atoms with Gasteiger partial charge in [0.05, 0.1) is 24.3 Å². The highest BCUT2D eigenvalue weighted by Crippen LogP contribution is 2.43. The van der Waals surface area contributed by atoms with Gasteiger partial charge in [-0.05, 0) is 30.5 Å². The van der Waals surface area contributed by atoms with Gasteiger partial charge in [0.25, 0.3) is 0 Å². The monoisotopic (exact) mass is 481 g/mol. The standard InChI is InChI=1S/C25H24F5NO3/c1-14(2)13-34-24(33)22-15(3)31(12-16-7-6-10-20(26)23(16)27)21(32)11-18(22)17-8-4-5-9-19(17)25(28,29)30/h4-10,14,18H,11-13H2,1-3H3. The van der Waals surface area contributed by atoms with Gasteiger partial charge in [0, 0.05) is 23.6 Å². The first-order chi connectivity index (χ1) is 15.9. The zero-order valence-corrected chi connectivity index (χ0v) is 18.9. The number of alkyl halides is 3. The molecular formula is C25H24F5NO3. The Balaban J connectivity index is 2.12. The molecule has 0 saturated carbocycles. The number of ether oxygens (including phenoxy) is 1. The second-order valence-corrected chi connectivity index (χ2v) is 8.53. The average Bonchev–Trinajstić information content (AvgIpc) is 2.76. The molecular weight excluding hydrogens is 457 g/mol. The van der Waals surface area contributed by atoms with Crippen molar-refractivity contribution in [3.63, 3.8) is 0 Å². The predicted molar refractivity (Wildman–Crippen MR) is 114 cm³/mol. The van der Waals surface area contributed by atoms with Gasteiger partial charge in [-0.3, -0.25) is 4.79 Å². The highest BCUT2D eigenvalue weighted by molar-refractivity contribution is 5.96. The van der Waals surface area contributed by atoms with Crippen molar-refractivity contribution in [3.8, 4) is 0 Å². The van der Waals surface area contributed by atoms with Gasteiger partial charge in [-0.2, -0.15) is 13.2 Å². The summed E-state index contributed by atoms with van der Waals surface area (Å²) in [7, 11) is 0. The summed E-state index contributed by atoms with van der Waals surface area (Å²) in [5.41, 5.74) is -1.39. The number of nitrogens with zero attached hydrogens (tertiary/aromatic N) is 1. The maximum absolute atomic E-state index is 14.3. The molecule has 9 heteroatoms. The Morgan fingerprint density at radius 1 is 1.12 bits per heavy atom. The molecule has 2 aromatic rings. The lowest BCUT2D eigenvalue weighted by atomic mass is 9.81. The van der Waals surface area contributed by atoms with E-state index in [4.69, 9.17) is 4.74 Å². The largest absolute Gasteiger partial charge is 0.462 e. The van der Waals surface area contributed by atoms with Crippen molar-refractivity contribution in [1.82, 2.24) is 4.90 Å². The van der Waals surface area contributed by atoms with E-state index in [0.717, 1.165) is 17.0 Å². The van der Waals surface area contributed by atoms with Crippen molar-refractivity contribution in [2.45, 2.75) is 45.8 Å². The quantitative estimate of drug-likeness (QED) is 0.377. The van der Waals surface area contributed by atoms with Crippen LogP contribution in [0.15, 0.2) is 53.7 Å². The molecule has 0 N–H and O–H groups in total. The highest BCUT2D eigenvalue weighted by atomic mass is 19.4. The number of hydrogen-bond donors (Lipinski definition) is 0. The first kappa shape index (κ1) is 25.4. The van der Waals surface area contributed by atoms with E-state index in [2.05, 4.69) is 0 Å². The van der Waals surface area contributed by atoms with Crippen molar-refractivity contribution in [2.24, 2.45) is 5.92 Å². The molecule has 1 aliphatic heterocycles. The molecule has 1 atom stereocenters. The molecule has 0 spiro atoms. The first-order valence-electron chi connectivity index (χ1n) is 10.7. The smallest absolute Gasteiger partial charge is 0.416 e. The van der Waals surface area contributed by atoms with E-state index in [1.165, 1.54) is 37.3 Å². The summed E-state index contributed by atoms with van der Waals surface area (Å²) in [6.07, 6.45) is -5.17. The third-order valence-corrected chi connectivity index (χ3v) is 5.59. The maximum Gasteiger partial charge on any atom is 0.416 e. The number of benzene rings is 2. The molecule has 4 nitrogen and oxygen atoms in total. The van der Waals surface area contributed by atoms with Crippen LogP contribution in [0.5, 0.6) is 0 Å². The van der Waals surface area contributed by atoms with Gasteiger partial charge in [-0.25, -0.2) is 13.6 Å². The molecule has 1 unspecified atom stereocenters. The number of allylic oxidation sites excluding steroid dienone is 1. The zero-order valence-electron chi connectivity index (χ0n) is 18.9. The minimum atomic E-state index is -4.71. The molecule has 34 heavy (non-hydrogen) atoms. The van der Waals surface area contributed by atoms with Crippen LogP contribution in [0.25, 0.3) is 0 Å². The van der Waals surface area contributed by atoms with Gasteiger partial charge in [-0.15, -0.1) is 0 Å². The average molecular weight is 481 g/mol. The van der Waals surface area contributed by atoms with E-state index < -0.39 is 47.6 Å². The number of halogens is 5. The van der Waals surface area contributed by atoms with Gasteiger partial charge in [0.1, 0.15) is 0 Å². The third kappa shape index (κ3) is 5.29. The summed E-state index contributed by atoms with van der Waals surface area (Å²) in [4.78, 5) is 27.2. The lowest BCUT2D eigenvalue weighted by Gasteiger charge is -2.35. The van der Waals surface area contributed by atoms with Crippen LogP contribution in [0.4, 0.5) is 22.0 Å². The molecule has 0 fully saturated rings. The topological polar surface area (TPSA) is 46.6 Å². The van der Waals surface area contributed by atoms with Gasteiger partial charge in [0.15, 0.2) is 11.6 Å². The number of hydrogen-bond acceptors (Lipinski definition) is 3. The molecule has 182 valence electrons. The molecule has 2 aromatic carbocycles. The summed E-state index contributed by atoms with van der Waals surface area (Å²) in [5.74, 6) is -4.96. The van der Waals surface area contributed by atoms with Gasteiger partial charge >= 0.3 is 12.1 Å². The molecule has 3 rings (SSSR count). The van der Waals surface area contributed by atoms with Crippen LogP contribution < -0.4 is 0 Å². The zero-order chi connectivity index (χ0) is 25.2. The predicted octanol–water partition coefficient (Wildman–Crippen LogP) is 5.97. The summed E-state index contributed by atoms with van der Waals surface area (Å²) in [6.45, 7) is 4.63. The van der Waals surface area contributed by atoms with Crippen molar-refractivity contribution in [3.05, 3.63) is 82.1 Å². The van der Waals surface area contributed by atoms with E-state index in [1.54, 1.807) is 13.8 Å². The lowest BCUT2D eigenvalue weighted by molar-refractivity contribution is -0.143. The number of carbonyl (C=O) groups is 2. The minimum absolute atomic E-state index is 0.0235.